The number of amides is 2. The van der Waals surface area contributed by atoms with Crippen molar-refractivity contribution in [1.82, 2.24) is 5.32 Å². The first kappa shape index (κ1) is 22.1. The Hall–Kier alpha value is -1.15. The van der Waals surface area contributed by atoms with E-state index in [1.165, 1.54) is 12.7 Å². The maximum Gasteiger partial charge on any atom is 0.414 e. The SMILES string of the molecule is CO[C@H]1[C@H](C2(C)O[C@@H]2CC=C(C)C)[C@](C)(O)CC[C@H]1OC(=O)NC(=O)CCl. The third-order valence-electron chi connectivity index (χ3n) is 5.53. The zero-order valence-corrected chi connectivity index (χ0v) is 17.3. The Labute approximate surface area is 165 Å². The molecular formula is C19H30ClNO6. The van der Waals surface area contributed by atoms with Gasteiger partial charge in [-0.3, -0.25) is 10.1 Å². The number of carbonyl (C=O) groups excluding carboxylic acids is 2. The smallest absolute Gasteiger partial charge is 0.414 e. The number of allylic oxidation sites excluding steroid dienone is 1. The summed E-state index contributed by atoms with van der Waals surface area (Å²) in [5.74, 6) is -1.35. The number of epoxide rings is 1. The Morgan fingerprint density at radius 1 is 1.37 bits per heavy atom. The molecule has 0 bridgehead atoms. The lowest BCUT2D eigenvalue weighted by atomic mass is 9.66. The van der Waals surface area contributed by atoms with Crippen molar-refractivity contribution in [3.63, 3.8) is 0 Å². The van der Waals surface area contributed by atoms with Gasteiger partial charge in [0.05, 0.1) is 11.7 Å². The number of alkyl carbamates (subject to hydrolysis) is 1. The van der Waals surface area contributed by atoms with Crippen molar-refractivity contribution in [3.8, 4) is 0 Å². The van der Waals surface area contributed by atoms with Crippen LogP contribution in [0, 0.1) is 5.92 Å². The molecule has 0 aromatic carbocycles. The molecule has 1 aliphatic heterocycles. The zero-order chi connectivity index (χ0) is 20.4. The van der Waals surface area contributed by atoms with Gasteiger partial charge in [0.15, 0.2) is 0 Å². The van der Waals surface area contributed by atoms with Gasteiger partial charge in [-0.2, -0.15) is 0 Å². The fraction of sp³-hybridized carbons (Fsp3) is 0.789. The van der Waals surface area contributed by atoms with Crippen LogP contribution in [0.4, 0.5) is 4.79 Å². The molecule has 1 aliphatic carbocycles. The van der Waals surface area contributed by atoms with Crippen LogP contribution in [0.2, 0.25) is 0 Å². The number of halogens is 1. The van der Waals surface area contributed by atoms with Gasteiger partial charge in [0.1, 0.15) is 23.7 Å². The lowest BCUT2D eigenvalue weighted by molar-refractivity contribution is -0.172. The minimum Gasteiger partial charge on any atom is -0.443 e. The molecule has 0 aromatic rings. The number of carbonyl (C=O) groups is 2. The number of alkyl halides is 1. The van der Waals surface area contributed by atoms with Crippen molar-refractivity contribution in [1.29, 1.82) is 0 Å². The lowest BCUT2D eigenvalue weighted by Gasteiger charge is -2.47. The molecule has 0 aromatic heterocycles. The number of ether oxygens (including phenoxy) is 3. The highest BCUT2D eigenvalue weighted by atomic mass is 35.5. The Morgan fingerprint density at radius 3 is 2.59 bits per heavy atom. The number of nitrogens with one attached hydrogen (secondary N) is 1. The minimum atomic E-state index is -1.03. The molecule has 6 atom stereocenters. The van der Waals surface area contributed by atoms with Gasteiger partial charge in [0.2, 0.25) is 5.91 Å². The molecule has 2 rings (SSSR count). The van der Waals surface area contributed by atoms with E-state index in [9.17, 15) is 14.7 Å². The number of methoxy groups -OCH3 is 1. The van der Waals surface area contributed by atoms with E-state index < -0.39 is 35.4 Å². The lowest BCUT2D eigenvalue weighted by Crippen LogP contribution is -2.59. The molecular weight excluding hydrogens is 374 g/mol. The Bertz CT molecular complexity index is 603. The van der Waals surface area contributed by atoms with Gasteiger partial charge in [0, 0.05) is 13.0 Å². The molecule has 1 saturated heterocycles. The molecule has 8 heteroatoms. The molecule has 1 heterocycles. The van der Waals surface area contributed by atoms with Crippen molar-refractivity contribution in [2.45, 2.75) is 76.5 Å². The first-order chi connectivity index (χ1) is 12.5. The first-order valence-electron chi connectivity index (χ1n) is 9.18. The van der Waals surface area contributed by atoms with Crippen LogP contribution in [-0.2, 0) is 19.0 Å². The van der Waals surface area contributed by atoms with Crippen molar-refractivity contribution in [3.05, 3.63) is 11.6 Å². The number of hydrogen-bond donors (Lipinski definition) is 2. The van der Waals surface area contributed by atoms with E-state index in [2.05, 4.69) is 11.4 Å². The van der Waals surface area contributed by atoms with Crippen LogP contribution in [0.25, 0.3) is 0 Å². The molecule has 2 N–H and O–H groups in total. The van der Waals surface area contributed by atoms with E-state index in [-0.39, 0.29) is 17.9 Å². The molecule has 154 valence electrons. The second-order valence-corrected chi connectivity index (χ2v) is 8.27. The van der Waals surface area contributed by atoms with Crippen molar-refractivity contribution in [2.24, 2.45) is 5.92 Å². The van der Waals surface area contributed by atoms with E-state index in [1.54, 1.807) is 6.92 Å². The van der Waals surface area contributed by atoms with Crippen LogP contribution in [0.1, 0.15) is 47.0 Å². The normalized spacial score (nSPS) is 38.0. The summed E-state index contributed by atoms with van der Waals surface area (Å²) in [5, 5.41) is 13.1. The van der Waals surface area contributed by atoms with Gasteiger partial charge in [0.25, 0.3) is 0 Å². The summed E-state index contributed by atoms with van der Waals surface area (Å²) in [4.78, 5) is 23.2. The highest BCUT2D eigenvalue weighted by molar-refractivity contribution is 6.28. The quantitative estimate of drug-likeness (QED) is 0.402. The molecule has 2 fully saturated rings. The average molecular weight is 404 g/mol. The summed E-state index contributed by atoms with van der Waals surface area (Å²) in [5.41, 5.74) is -0.411. The van der Waals surface area contributed by atoms with Gasteiger partial charge >= 0.3 is 6.09 Å². The molecule has 7 nitrogen and oxygen atoms in total. The first-order valence-corrected chi connectivity index (χ1v) is 9.71. The standard InChI is InChI=1S/C19H30ClNO6/c1-11(2)6-7-13-19(4,27-13)16-15(25-5)12(8-9-18(16,3)24)26-17(23)21-14(22)10-20/h6,12-13,15-16,24H,7-10H2,1-5H3,(H,21,22,23)/t12-,13-,15-,16+,18-,19?/m1/s1. The van der Waals surface area contributed by atoms with Crippen molar-refractivity contribution >= 4 is 23.6 Å². The Balaban J connectivity index is 2.15. The van der Waals surface area contributed by atoms with Gasteiger partial charge in [-0.05, 0) is 47.0 Å². The van der Waals surface area contributed by atoms with Crippen LogP contribution in [0.5, 0.6) is 0 Å². The van der Waals surface area contributed by atoms with Crippen molar-refractivity contribution in [2.75, 3.05) is 13.0 Å². The number of rotatable bonds is 6. The van der Waals surface area contributed by atoms with Crippen LogP contribution in [0.15, 0.2) is 11.6 Å². The summed E-state index contributed by atoms with van der Waals surface area (Å²) < 4.78 is 17.1. The summed E-state index contributed by atoms with van der Waals surface area (Å²) in [6, 6.07) is 0. The molecule has 2 amide bonds. The highest BCUT2D eigenvalue weighted by Crippen LogP contribution is 2.54. The van der Waals surface area contributed by atoms with Crippen molar-refractivity contribution < 1.29 is 28.9 Å². The van der Waals surface area contributed by atoms with Crippen LogP contribution >= 0.6 is 11.6 Å². The van der Waals surface area contributed by atoms with Gasteiger partial charge in [-0.15, -0.1) is 11.6 Å². The largest absolute Gasteiger partial charge is 0.443 e. The predicted molar refractivity (Wildman–Crippen MR) is 101 cm³/mol. The average Bonchev–Trinajstić information content (AvgIpc) is 3.24. The zero-order valence-electron chi connectivity index (χ0n) is 16.6. The van der Waals surface area contributed by atoms with E-state index >= 15 is 0 Å². The number of hydrogen-bond acceptors (Lipinski definition) is 6. The van der Waals surface area contributed by atoms with E-state index in [1.807, 2.05) is 20.8 Å². The third-order valence-corrected chi connectivity index (χ3v) is 5.77. The van der Waals surface area contributed by atoms with Crippen LogP contribution in [0.3, 0.4) is 0 Å². The van der Waals surface area contributed by atoms with Gasteiger partial charge in [-0.1, -0.05) is 11.6 Å². The summed E-state index contributed by atoms with van der Waals surface area (Å²) in [6.45, 7) is 7.78. The maximum absolute atomic E-state index is 11.9. The second-order valence-electron chi connectivity index (χ2n) is 8.01. The fourth-order valence-corrected chi connectivity index (χ4v) is 4.23. The molecule has 27 heavy (non-hydrogen) atoms. The molecule has 1 unspecified atom stereocenters. The van der Waals surface area contributed by atoms with E-state index in [0.717, 1.165) is 6.42 Å². The van der Waals surface area contributed by atoms with E-state index in [4.69, 9.17) is 25.8 Å². The molecule has 0 spiro atoms. The number of aliphatic hydroxyl groups is 1. The summed E-state index contributed by atoms with van der Waals surface area (Å²) in [6.07, 6.45) is 1.63. The van der Waals surface area contributed by atoms with Crippen LogP contribution in [-0.4, -0.2) is 59.6 Å². The fourth-order valence-electron chi connectivity index (χ4n) is 4.17. The second kappa shape index (κ2) is 8.47. The molecule has 1 saturated carbocycles. The monoisotopic (exact) mass is 403 g/mol. The van der Waals surface area contributed by atoms with Gasteiger partial charge < -0.3 is 19.3 Å². The number of imide groups is 1. The molecule has 2 aliphatic rings. The molecule has 0 radical (unpaired) electrons. The van der Waals surface area contributed by atoms with E-state index in [0.29, 0.717) is 12.8 Å². The topological polar surface area (TPSA) is 97.4 Å². The van der Waals surface area contributed by atoms with Gasteiger partial charge in [-0.25, -0.2) is 4.79 Å². The third kappa shape index (κ3) is 5.02. The Kier molecular flexibility index (Phi) is 6.95. The maximum atomic E-state index is 11.9. The minimum absolute atomic E-state index is 0.0353. The Morgan fingerprint density at radius 2 is 2.04 bits per heavy atom. The van der Waals surface area contributed by atoms with Crippen LogP contribution < -0.4 is 5.32 Å². The summed E-state index contributed by atoms with van der Waals surface area (Å²) >= 11 is 5.39. The summed E-state index contributed by atoms with van der Waals surface area (Å²) in [7, 11) is 1.52. The predicted octanol–water partition coefficient (Wildman–Crippen LogP) is 2.54. The highest BCUT2D eigenvalue weighted by Gasteiger charge is 2.66.